The fraction of sp³-hybridized carbons (Fsp3) is 0.455. The van der Waals surface area contributed by atoms with Crippen molar-refractivity contribution in [2.45, 2.75) is 26.7 Å². The molecular weight excluding hydrogens is 208 g/mol. The van der Waals surface area contributed by atoms with E-state index in [0.29, 0.717) is 36.1 Å². The van der Waals surface area contributed by atoms with E-state index in [1.54, 1.807) is 13.8 Å². The number of hydrogen-bond donors (Lipinski definition) is 2. The molecule has 0 atom stereocenters. The molecule has 0 aromatic heterocycles. The molecule has 1 rings (SSSR count). The Bertz CT molecular complexity index is 416. The highest BCUT2D eigenvalue weighted by Gasteiger charge is 2.18. The zero-order valence-corrected chi connectivity index (χ0v) is 9.49. The molecule has 0 aliphatic heterocycles. The number of rotatable bonds is 4. The van der Waals surface area contributed by atoms with Crippen LogP contribution in [-0.4, -0.2) is 16.6 Å². The van der Waals surface area contributed by atoms with Crippen LogP contribution < -0.4 is 5.73 Å². The normalized spacial score (nSPS) is 10.4. The number of aromatic hydroxyl groups is 1. The molecule has 1 aromatic carbocycles. The van der Waals surface area contributed by atoms with E-state index in [-0.39, 0.29) is 11.4 Å². The summed E-state index contributed by atoms with van der Waals surface area (Å²) in [6.07, 6.45) is 1.26. The molecule has 0 aliphatic rings. The van der Waals surface area contributed by atoms with Crippen LogP contribution in [0.25, 0.3) is 0 Å². The number of phenols is 1. The van der Waals surface area contributed by atoms with Gasteiger partial charge in [-0.1, -0.05) is 0 Å². The summed E-state index contributed by atoms with van der Waals surface area (Å²) in [6.45, 7) is 3.82. The summed E-state index contributed by atoms with van der Waals surface area (Å²) in [5.41, 5.74) is 7.12. The lowest BCUT2D eigenvalue weighted by Gasteiger charge is -2.09. The maximum Gasteiger partial charge on any atom is 0.273 e. The molecule has 5 heteroatoms. The molecule has 1 aromatic rings. The van der Waals surface area contributed by atoms with Gasteiger partial charge in [-0.25, -0.2) is 0 Å². The molecule has 0 saturated heterocycles. The predicted molar refractivity (Wildman–Crippen MR) is 61.6 cm³/mol. The first-order valence-corrected chi connectivity index (χ1v) is 5.15. The Morgan fingerprint density at radius 3 is 2.56 bits per heavy atom. The monoisotopic (exact) mass is 224 g/mol. The van der Waals surface area contributed by atoms with Gasteiger partial charge in [0.2, 0.25) is 0 Å². The third kappa shape index (κ3) is 2.30. The highest BCUT2D eigenvalue weighted by atomic mass is 16.6. The maximum absolute atomic E-state index is 10.8. The van der Waals surface area contributed by atoms with Crippen molar-refractivity contribution in [3.05, 3.63) is 32.9 Å². The molecule has 0 bridgehead atoms. The van der Waals surface area contributed by atoms with Crippen LogP contribution in [0.3, 0.4) is 0 Å². The Labute approximate surface area is 94.0 Å². The molecule has 5 nitrogen and oxygen atoms in total. The molecule has 0 radical (unpaired) electrons. The summed E-state index contributed by atoms with van der Waals surface area (Å²) in [4.78, 5) is 10.4. The average molecular weight is 224 g/mol. The molecule has 16 heavy (non-hydrogen) atoms. The number of benzene rings is 1. The van der Waals surface area contributed by atoms with E-state index in [4.69, 9.17) is 5.73 Å². The van der Waals surface area contributed by atoms with E-state index in [9.17, 15) is 15.2 Å². The fourth-order valence-electron chi connectivity index (χ4n) is 1.62. The Kier molecular flexibility index (Phi) is 3.84. The molecule has 0 unspecified atom stereocenters. The lowest BCUT2D eigenvalue weighted by atomic mass is 9.99. The third-order valence-electron chi connectivity index (χ3n) is 2.76. The van der Waals surface area contributed by atoms with Crippen LogP contribution in [0.4, 0.5) is 5.69 Å². The quantitative estimate of drug-likeness (QED) is 0.602. The van der Waals surface area contributed by atoms with Crippen molar-refractivity contribution in [2.24, 2.45) is 5.73 Å². The zero-order valence-electron chi connectivity index (χ0n) is 9.49. The molecule has 0 aliphatic carbocycles. The number of nitrogens with two attached hydrogens (primary N) is 1. The second-order valence-corrected chi connectivity index (χ2v) is 3.80. The van der Waals surface area contributed by atoms with E-state index < -0.39 is 4.92 Å². The van der Waals surface area contributed by atoms with Crippen molar-refractivity contribution < 1.29 is 10.0 Å². The van der Waals surface area contributed by atoms with Crippen LogP contribution in [0, 0.1) is 24.0 Å². The smallest absolute Gasteiger partial charge is 0.273 e. The second-order valence-electron chi connectivity index (χ2n) is 3.80. The number of phenolic OH excluding ortho intramolecular Hbond substituents is 1. The van der Waals surface area contributed by atoms with Gasteiger partial charge in [0.1, 0.15) is 5.75 Å². The minimum Gasteiger partial charge on any atom is -0.507 e. The Balaban J connectivity index is 3.24. The van der Waals surface area contributed by atoms with Gasteiger partial charge in [0.15, 0.2) is 0 Å². The number of aryl methyl sites for hydroxylation is 1. The van der Waals surface area contributed by atoms with Crippen LogP contribution in [0.5, 0.6) is 5.75 Å². The molecule has 0 fully saturated rings. The molecule has 0 heterocycles. The second kappa shape index (κ2) is 4.94. The first kappa shape index (κ1) is 12.4. The number of hydrogen-bond acceptors (Lipinski definition) is 4. The van der Waals surface area contributed by atoms with Crippen molar-refractivity contribution in [3.8, 4) is 5.75 Å². The average Bonchev–Trinajstić information content (AvgIpc) is 2.24. The van der Waals surface area contributed by atoms with E-state index in [0.717, 1.165) is 0 Å². The lowest BCUT2D eigenvalue weighted by molar-refractivity contribution is -0.385. The van der Waals surface area contributed by atoms with Crippen LogP contribution in [-0.2, 0) is 6.42 Å². The number of nitrogens with zero attached hydrogens (tertiary/aromatic N) is 1. The summed E-state index contributed by atoms with van der Waals surface area (Å²) >= 11 is 0. The molecule has 3 N–H and O–H groups in total. The topological polar surface area (TPSA) is 89.4 Å². The van der Waals surface area contributed by atoms with Gasteiger partial charge in [0.25, 0.3) is 5.69 Å². The number of nitro groups is 1. The summed E-state index contributed by atoms with van der Waals surface area (Å²) in [6, 6.07) is 1.44. The fourth-order valence-corrected chi connectivity index (χ4v) is 1.62. The van der Waals surface area contributed by atoms with Crippen LogP contribution in [0.1, 0.15) is 23.1 Å². The van der Waals surface area contributed by atoms with Gasteiger partial charge in [-0.2, -0.15) is 0 Å². The number of nitro benzene ring substituents is 1. The van der Waals surface area contributed by atoms with Crippen molar-refractivity contribution in [1.29, 1.82) is 0 Å². The largest absolute Gasteiger partial charge is 0.507 e. The van der Waals surface area contributed by atoms with Gasteiger partial charge in [0.05, 0.1) is 4.92 Å². The van der Waals surface area contributed by atoms with Crippen LogP contribution in [0.15, 0.2) is 6.07 Å². The summed E-state index contributed by atoms with van der Waals surface area (Å²) in [5, 5.41) is 20.7. The molecule has 0 saturated carbocycles. The minimum absolute atomic E-state index is 0.0577. The van der Waals surface area contributed by atoms with Crippen LogP contribution in [0.2, 0.25) is 0 Å². The van der Waals surface area contributed by atoms with E-state index in [2.05, 4.69) is 0 Å². The van der Waals surface area contributed by atoms with Crippen molar-refractivity contribution in [2.75, 3.05) is 6.54 Å². The van der Waals surface area contributed by atoms with E-state index >= 15 is 0 Å². The maximum atomic E-state index is 10.8. The minimum atomic E-state index is -0.423. The highest BCUT2D eigenvalue weighted by Crippen LogP contribution is 2.32. The Morgan fingerprint density at radius 2 is 2.06 bits per heavy atom. The third-order valence-corrected chi connectivity index (χ3v) is 2.76. The Morgan fingerprint density at radius 1 is 1.44 bits per heavy atom. The van der Waals surface area contributed by atoms with Crippen molar-refractivity contribution >= 4 is 5.69 Å². The van der Waals surface area contributed by atoms with Crippen molar-refractivity contribution in [1.82, 2.24) is 0 Å². The standard InChI is InChI=1S/C11H16N2O3/c1-7-8(2)11(14)9(4-3-5-12)6-10(7)13(15)16/h6,14H,3-5,12H2,1-2H3. The lowest BCUT2D eigenvalue weighted by Crippen LogP contribution is -2.02. The predicted octanol–water partition coefficient (Wildman–Crippen LogP) is 1.81. The molecule has 0 amide bonds. The molecule has 88 valence electrons. The van der Waals surface area contributed by atoms with Crippen LogP contribution >= 0.6 is 0 Å². The van der Waals surface area contributed by atoms with E-state index in [1.807, 2.05) is 0 Å². The van der Waals surface area contributed by atoms with Gasteiger partial charge in [-0.3, -0.25) is 10.1 Å². The summed E-state index contributed by atoms with van der Waals surface area (Å²) < 4.78 is 0. The first-order valence-electron chi connectivity index (χ1n) is 5.15. The summed E-state index contributed by atoms with van der Waals surface area (Å²) in [5.74, 6) is 0.150. The first-order chi connectivity index (χ1) is 7.49. The SMILES string of the molecule is Cc1c([N+](=O)[O-])cc(CCCN)c(O)c1C. The molecular formula is C11H16N2O3. The Hall–Kier alpha value is -1.62. The highest BCUT2D eigenvalue weighted by molar-refractivity contribution is 5.55. The molecule has 0 spiro atoms. The van der Waals surface area contributed by atoms with Crippen molar-refractivity contribution in [3.63, 3.8) is 0 Å². The van der Waals surface area contributed by atoms with Gasteiger partial charge in [0, 0.05) is 22.8 Å². The summed E-state index contributed by atoms with van der Waals surface area (Å²) in [7, 11) is 0. The van der Waals surface area contributed by atoms with Gasteiger partial charge >= 0.3 is 0 Å². The zero-order chi connectivity index (χ0) is 12.3. The van der Waals surface area contributed by atoms with E-state index in [1.165, 1.54) is 6.07 Å². The van der Waals surface area contributed by atoms with Gasteiger partial charge in [-0.05, 0) is 33.2 Å². The van der Waals surface area contributed by atoms with Gasteiger partial charge < -0.3 is 10.8 Å². The van der Waals surface area contributed by atoms with Gasteiger partial charge in [-0.15, -0.1) is 0 Å².